The van der Waals surface area contributed by atoms with Gasteiger partial charge in [0.15, 0.2) is 33.3 Å². The number of aromatic hydroxyl groups is 1. The van der Waals surface area contributed by atoms with E-state index >= 15 is 0 Å². The number of ether oxygens (including phenoxy) is 4. The largest absolute Gasteiger partial charge is 0.504 e. The molecule has 0 saturated carbocycles. The summed E-state index contributed by atoms with van der Waals surface area (Å²) < 4.78 is 25.7. The first-order chi connectivity index (χ1) is 23.0. The van der Waals surface area contributed by atoms with Gasteiger partial charge in [-0.05, 0) is 54.8 Å². The zero-order valence-electron chi connectivity index (χ0n) is 27.0. The molecule has 0 unspecified atom stereocenters. The minimum atomic E-state index is 0.117. The lowest BCUT2D eigenvalue weighted by Gasteiger charge is -2.13. The maximum absolute atomic E-state index is 9.69. The van der Waals surface area contributed by atoms with Crippen LogP contribution in [0.5, 0.6) is 23.0 Å². The zero-order chi connectivity index (χ0) is 33.2. The highest BCUT2D eigenvalue weighted by Gasteiger charge is 2.13. The Morgan fingerprint density at radius 2 is 1.23 bits per heavy atom. The van der Waals surface area contributed by atoms with E-state index in [4.69, 9.17) is 23.9 Å². The number of phenolic OH excluding ortho intramolecular Hbond substituents is 1. The van der Waals surface area contributed by atoms with Crippen molar-refractivity contribution in [1.29, 1.82) is 0 Å². The Labute approximate surface area is 282 Å². The zero-order valence-corrected chi connectivity index (χ0v) is 28.7. The van der Waals surface area contributed by atoms with Crippen molar-refractivity contribution in [3.8, 4) is 45.5 Å². The van der Waals surface area contributed by atoms with Crippen LogP contribution in [-0.2, 0) is 4.74 Å². The number of benzene rings is 2. The summed E-state index contributed by atoms with van der Waals surface area (Å²) in [5.74, 6) is 3.80. The van der Waals surface area contributed by atoms with E-state index in [1.807, 2.05) is 64.5 Å². The molecule has 6 aromatic rings. The van der Waals surface area contributed by atoms with E-state index in [2.05, 4.69) is 28.8 Å². The monoisotopic (exact) mass is 674 g/mol. The Morgan fingerprint density at radius 1 is 0.681 bits per heavy atom. The predicted octanol–water partition coefficient (Wildman–Crippen LogP) is 7.15. The summed E-state index contributed by atoms with van der Waals surface area (Å²) in [5, 5.41) is 11.5. The maximum Gasteiger partial charge on any atom is 0.174 e. The molecule has 1 N–H and O–H groups in total. The van der Waals surface area contributed by atoms with Gasteiger partial charge < -0.3 is 24.1 Å². The van der Waals surface area contributed by atoms with Gasteiger partial charge in [0.2, 0.25) is 0 Å². The van der Waals surface area contributed by atoms with E-state index in [1.54, 1.807) is 55.2 Å². The van der Waals surface area contributed by atoms with Gasteiger partial charge in [0, 0.05) is 54.7 Å². The number of hydrogen-bond donors (Lipinski definition) is 1. The third kappa shape index (κ3) is 8.10. The third-order valence-electron chi connectivity index (χ3n) is 6.89. The van der Waals surface area contributed by atoms with Crippen LogP contribution in [0.4, 0.5) is 0 Å². The Hall–Kier alpha value is -4.46. The van der Waals surface area contributed by atoms with Crippen molar-refractivity contribution >= 4 is 34.8 Å². The SMILES string of the molecule is CCOCCOc1ccc(-c2cc3nccn3c(SCC)n2)cc1OC.CCSc1nc(-c2ccc(O)c(OC)c2)cc2nccn12. The van der Waals surface area contributed by atoms with Crippen LogP contribution in [0.2, 0.25) is 0 Å². The van der Waals surface area contributed by atoms with Gasteiger partial charge in [-0.1, -0.05) is 37.4 Å². The van der Waals surface area contributed by atoms with Crippen molar-refractivity contribution in [2.75, 3.05) is 45.5 Å². The molecule has 0 aliphatic carbocycles. The average molecular weight is 675 g/mol. The van der Waals surface area contributed by atoms with Crippen LogP contribution in [0.3, 0.4) is 0 Å². The Morgan fingerprint density at radius 3 is 1.77 bits per heavy atom. The first kappa shape index (κ1) is 33.9. The average Bonchev–Trinajstić information content (AvgIpc) is 3.78. The molecule has 47 heavy (non-hydrogen) atoms. The van der Waals surface area contributed by atoms with Gasteiger partial charge in [-0.15, -0.1) is 0 Å². The minimum absolute atomic E-state index is 0.117. The van der Waals surface area contributed by atoms with Crippen LogP contribution in [-0.4, -0.2) is 79.4 Å². The molecule has 0 aliphatic heterocycles. The van der Waals surface area contributed by atoms with E-state index < -0.39 is 0 Å². The number of thioether (sulfide) groups is 2. The number of nitrogens with zero attached hydrogens (tertiary/aromatic N) is 6. The quantitative estimate of drug-likeness (QED) is 0.0764. The van der Waals surface area contributed by atoms with E-state index in [-0.39, 0.29) is 5.75 Å². The fraction of sp³-hybridized carbons (Fsp3) is 0.294. The highest BCUT2D eigenvalue weighted by atomic mass is 32.2. The van der Waals surface area contributed by atoms with Crippen molar-refractivity contribution in [1.82, 2.24) is 28.7 Å². The van der Waals surface area contributed by atoms with Gasteiger partial charge in [0.1, 0.15) is 17.9 Å². The fourth-order valence-corrected chi connectivity index (χ4v) is 6.11. The standard InChI is InChI=1S/C19H23N3O3S.C15H15N3O2S/c1-4-24-10-11-25-16-7-6-14(12-17(16)23-3)15-13-18-20-8-9-22(18)19(21-15)26-5-2;1-3-21-15-17-11(9-14-16-6-7-18(14)15)10-4-5-12(19)13(8-10)20-2/h6-9,12-13H,4-5,10-11H2,1-3H3;4-9,19H,3H2,1-2H3. The first-order valence-electron chi connectivity index (χ1n) is 15.2. The second-order valence-electron chi connectivity index (χ2n) is 9.82. The summed E-state index contributed by atoms with van der Waals surface area (Å²) in [5.41, 5.74) is 5.24. The van der Waals surface area contributed by atoms with Gasteiger partial charge in [0.25, 0.3) is 0 Å². The number of aromatic nitrogens is 6. The molecule has 4 heterocycles. The number of fused-ring (bicyclic) bond motifs is 2. The maximum atomic E-state index is 9.69. The summed E-state index contributed by atoms with van der Waals surface area (Å²) in [7, 11) is 3.17. The highest BCUT2D eigenvalue weighted by molar-refractivity contribution is 7.99. The molecule has 2 aromatic carbocycles. The van der Waals surface area contributed by atoms with E-state index in [1.165, 1.54) is 7.11 Å². The van der Waals surface area contributed by atoms with Gasteiger partial charge in [-0.25, -0.2) is 19.9 Å². The molecule has 0 aliphatic rings. The molecular formula is C34H38N6O5S2. The van der Waals surface area contributed by atoms with Crippen molar-refractivity contribution in [3.63, 3.8) is 0 Å². The molecule has 0 spiro atoms. The Kier molecular flexibility index (Phi) is 11.8. The van der Waals surface area contributed by atoms with Crippen LogP contribution in [0.15, 0.2) is 83.6 Å². The van der Waals surface area contributed by atoms with Gasteiger partial charge in [-0.3, -0.25) is 8.80 Å². The predicted molar refractivity (Wildman–Crippen MR) is 186 cm³/mol. The number of hydrogen-bond acceptors (Lipinski definition) is 11. The molecule has 0 radical (unpaired) electrons. The molecular weight excluding hydrogens is 637 g/mol. The lowest BCUT2D eigenvalue weighted by atomic mass is 10.1. The number of rotatable bonds is 13. The van der Waals surface area contributed by atoms with Crippen molar-refractivity contribution in [2.45, 2.75) is 31.1 Å². The van der Waals surface area contributed by atoms with Crippen molar-refractivity contribution in [2.24, 2.45) is 0 Å². The number of imidazole rings is 2. The second kappa shape index (κ2) is 16.4. The summed E-state index contributed by atoms with van der Waals surface area (Å²) in [4.78, 5) is 18.2. The molecule has 0 atom stereocenters. The van der Waals surface area contributed by atoms with Crippen LogP contribution >= 0.6 is 23.5 Å². The van der Waals surface area contributed by atoms with Gasteiger partial charge >= 0.3 is 0 Å². The molecule has 0 amide bonds. The second-order valence-corrected chi connectivity index (χ2v) is 12.3. The smallest absolute Gasteiger partial charge is 0.174 e. The summed E-state index contributed by atoms with van der Waals surface area (Å²) in [6.45, 7) is 7.88. The summed E-state index contributed by atoms with van der Waals surface area (Å²) >= 11 is 3.35. The molecule has 0 fully saturated rings. The minimum Gasteiger partial charge on any atom is -0.504 e. The number of phenols is 1. The summed E-state index contributed by atoms with van der Waals surface area (Å²) in [6, 6.07) is 14.9. The topological polar surface area (TPSA) is 118 Å². The lowest BCUT2D eigenvalue weighted by Crippen LogP contribution is -2.07. The molecule has 246 valence electrons. The fourth-order valence-electron chi connectivity index (χ4n) is 4.69. The van der Waals surface area contributed by atoms with Gasteiger partial charge in [-0.2, -0.15) is 0 Å². The lowest BCUT2D eigenvalue weighted by molar-refractivity contribution is 0.109. The van der Waals surface area contributed by atoms with Crippen LogP contribution < -0.4 is 14.2 Å². The van der Waals surface area contributed by atoms with Gasteiger partial charge in [0.05, 0.1) is 32.2 Å². The third-order valence-corrected chi connectivity index (χ3v) is 8.56. The molecule has 6 rings (SSSR count). The molecule has 0 saturated heterocycles. The van der Waals surface area contributed by atoms with Crippen LogP contribution in [0.25, 0.3) is 33.8 Å². The normalized spacial score (nSPS) is 11.0. The van der Waals surface area contributed by atoms with Crippen molar-refractivity contribution in [3.05, 3.63) is 73.3 Å². The number of methoxy groups -OCH3 is 2. The Bertz CT molecular complexity index is 1930. The first-order valence-corrected chi connectivity index (χ1v) is 17.2. The van der Waals surface area contributed by atoms with Crippen molar-refractivity contribution < 1.29 is 24.1 Å². The van der Waals surface area contributed by atoms with Crippen LogP contribution in [0.1, 0.15) is 20.8 Å². The van der Waals surface area contributed by atoms with Crippen LogP contribution in [0, 0.1) is 0 Å². The Balaban J connectivity index is 0.000000189. The van der Waals surface area contributed by atoms with E-state index in [9.17, 15) is 5.11 Å². The van der Waals surface area contributed by atoms with E-state index in [0.717, 1.165) is 55.6 Å². The molecule has 4 aromatic heterocycles. The summed E-state index contributed by atoms with van der Waals surface area (Å²) in [6.07, 6.45) is 7.38. The molecule has 0 bridgehead atoms. The highest BCUT2D eigenvalue weighted by Crippen LogP contribution is 2.34. The molecule has 13 heteroatoms. The molecule has 11 nitrogen and oxygen atoms in total. The van der Waals surface area contributed by atoms with E-state index in [0.29, 0.717) is 37.1 Å².